The summed E-state index contributed by atoms with van der Waals surface area (Å²) >= 11 is 0. The molecule has 1 atom stereocenters. The highest BCUT2D eigenvalue weighted by atomic mass is 16.1. The van der Waals surface area contributed by atoms with Crippen LogP contribution in [0.5, 0.6) is 0 Å². The third kappa shape index (κ3) is 4.60. The van der Waals surface area contributed by atoms with Gasteiger partial charge in [-0.15, -0.1) is 0 Å². The summed E-state index contributed by atoms with van der Waals surface area (Å²) in [5, 5.41) is 3.17. The topological polar surface area (TPSA) is 46.9 Å². The number of nitrogens with one attached hydrogen (secondary N) is 1. The summed E-state index contributed by atoms with van der Waals surface area (Å²) in [5.41, 5.74) is 2.23. The number of imidazole rings is 1. The van der Waals surface area contributed by atoms with E-state index in [1.165, 1.54) is 5.56 Å². The van der Waals surface area contributed by atoms with Gasteiger partial charge in [0.1, 0.15) is 11.9 Å². The molecule has 26 heavy (non-hydrogen) atoms. The van der Waals surface area contributed by atoms with Crippen LogP contribution in [0.15, 0.2) is 73.1 Å². The minimum atomic E-state index is -0.263. The number of aromatic nitrogens is 2. The number of carbonyl (C=O) groups excluding carboxylic acids is 1. The van der Waals surface area contributed by atoms with Gasteiger partial charge in [-0.25, -0.2) is 4.98 Å². The molecule has 1 unspecified atom stereocenters. The van der Waals surface area contributed by atoms with Gasteiger partial charge in [-0.05, 0) is 17.0 Å². The van der Waals surface area contributed by atoms with Crippen molar-refractivity contribution in [2.24, 2.45) is 5.92 Å². The Kier molecular flexibility index (Phi) is 5.84. The Balaban J connectivity index is 1.90. The van der Waals surface area contributed by atoms with Gasteiger partial charge >= 0.3 is 0 Å². The first kappa shape index (κ1) is 17.9. The fourth-order valence-corrected chi connectivity index (χ4v) is 3.03. The van der Waals surface area contributed by atoms with Gasteiger partial charge in [0.2, 0.25) is 5.91 Å². The zero-order chi connectivity index (χ0) is 18.4. The van der Waals surface area contributed by atoms with Crippen molar-refractivity contribution in [1.82, 2.24) is 14.9 Å². The zero-order valence-electron chi connectivity index (χ0n) is 15.3. The van der Waals surface area contributed by atoms with E-state index >= 15 is 0 Å². The smallest absolute Gasteiger partial charge is 0.221 e. The third-order valence-electron chi connectivity index (χ3n) is 4.23. The molecule has 2 aromatic carbocycles. The second-order valence-electron chi connectivity index (χ2n) is 6.91. The van der Waals surface area contributed by atoms with Crippen molar-refractivity contribution in [2.45, 2.75) is 32.9 Å². The number of amides is 1. The molecule has 4 heteroatoms. The molecule has 0 spiro atoms. The molecule has 4 nitrogen and oxygen atoms in total. The van der Waals surface area contributed by atoms with Crippen LogP contribution in [0.1, 0.15) is 43.3 Å². The summed E-state index contributed by atoms with van der Waals surface area (Å²) in [6.45, 7) is 4.82. The predicted molar refractivity (Wildman–Crippen MR) is 104 cm³/mol. The molecule has 0 saturated carbocycles. The van der Waals surface area contributed by atoms with Crippen molar-refractivity contribution in [3.8, 4) is 0 Å². The molecular formula is C22H25N3O. The lowest BCUT2D eigenvalue weighted by Crippen LogP contribution is -2.32. The van der Waals surface area contributed by atoms with Crippen molar-refractivity contribution < 1.29 is 4.79 Å². The van der Waals surface area contributed by atoms with Crippen molar-refractivity contribution >= 4 is 5.91 Å². The maximum Gasteiger partial charge on any atom is 0.221 e. The number of benzene rings is 2. The molecule has 1 N–H and O–H groups in total. The molecule has 1 amide bonds. The van der Waals surface area contributed by atoms with Crippen molar-refractivity contribution in [1.29, 1.82) is 0 Å². The third-order valence-corrected chi connectivity index (χ3v) is 4.23. The van der Waals surface area contributed by atoms with E-state index in [0.717, 1.165) is 17.9 Å². The lowest BCUT2D eigenvalue weighted by molar-refractivity contribution is -0.122. The average Bonchev–Trinajstić information content (AvgIpc) is 3.08. The Morgan fingerprint density at radius 2 is 1.69 bits per heavy atom. The number of nitrogens with zero attached hydrogens (tertiary/aromatic N) is 2. The zero-order valence-corrected chi connectivity index (χ0v) is 15.3. The van der Waals surface area contributed by atoms with Gasteiger partial charge in [-0.3, -0.25) is 4.79 Å². The fourth-order valence-electron chi connectivity index (χ4n) is 3.03. The summed E-state index contributed by atoms with van der Waals surface area (Å²) < 4.78 is 2.10. The van der Waals surface area contributed by atoms with Crippen LogP contribution in [0.4, 0.5) is 0 Å². The van der Waals surface area contributed by atoms with Crippen LogP contribution in [0.2, 0.25) is 0 Å². The Hall–Kier alpha value is -2.88. The second kappa shape index (κ2) is 8.48. The lowest BCUT2D eigenvalue weighted by atomic mass is 10.0. The van der Waals surface area contributed by atoms with Crippen LogP contribution >= 0.6 is 0 Å². The number of rotatable bonds is 7. The van der Waals surface area contributed by atoms with Gasteiger partial charge in [-0.1, -0.05) is 74.5 Å². The number of hydrogen-bond donors (Lipinski definition) is 1. The van der Waals surface area contributed by atoms with E-state index < -0.39 is 0 Å². The average molecular weight is 347 g/mol. The second-order valence-corrected chi connectivity index (χ2v) is 6.91. The van der Waals surface area contributed by atoms with Gasteiger partial charge in [0.15, 0.2) is 0 Å². The van der Waals surface area contributed by atoms with Gasteiger partial charge in [0.05, 0.1) is 0 Å². The fraction of sp³-hybridized carbons (Fsp3) is 0.273. The highest BCUT2D eigenvalue weighted by Crippen LogP contribution is 2.22. The summed E-state index contributed by atoms with van der Waals surface area (Å²) in [4.78, 5) is 17.0. The lowest BCUT2D eigenvalue weighted by Gasteiger charge is -2.21. The highest BCUT2D eigenvalue weighted by molar-refractivity contribution is 5.77. The van der Waals surface area contributed by atoms with Crippen LogP contribution in [0.3, 0.4) is 0 Å². The Morgan fingerprint density at radius 1 is 1.04 bits per heavy atom. The van der Waals surface area contributed by atoms with E-state index in [-0.39, 0.29) is 11.9 Å². The molecule has 0 aliphatic rings. The molecule has 0 aliphatic carbocycles. The monoisotopic (exact) mass is 347 g/mol. The molecule has 1 heterocycles. The SMILES string of the molecule is CC(C)CC(=O)NC(c1ccccc1)c1nccn1Cc1ccccc1. The van der Waals surface area contributed by atoms with Crippen LogP contribution < -0.4 is 5.32 Å². The number of carbonyl (C=O) groups is 1. The predicted octanol–water partition coefficient (Wildman–Crippen LogP) is 4.18. The standard InChI is InChI=1S/C22H25N3O/c1-17(2)15-20(26)24-21(19-11-7-4-8-12-19)22-23-13-14-25(22)16-18-9-5-3-6-10-18/h3-14,17,21H,15-16H2,1-2H3,(H,24,26). The van der Waals surface area contributed by atoms with Crippen LogP contribution in [-0.2, 0) is 11.3 Å². The summed E-state index contributed by atoms with van der Waals surface area (Å²) in [7, 11) is 0. The quantitative estimate of drug-likeness (QED) is 0.697. The van der Waals surface area contributed by atoms with E-state index in [1.807, 2.05) is 68.6 Å². The van der Waals surface area contributed by atoms with Crippen molar-refractivity contribution in [3.05, 3.63) is 90.0 Å². The molecule has 0 fully saturated rings. The van der Waals surface area contributed by atoms with Crippen LogP contribution in [0.25, 0.3) is 0 Å². The first-order chi connectivity index (χ1) is 12.6. The first-order valence-electron chi connectivity index (χ1n) is 9.02. The maximum atomic E-state index is 12.5. The molecule has 3 aromatic rings. The number of hydrogen-bond acceptors (Lipinski definition) is 2. The van der Waals surface area contributed by atoms with Crippen molar-refractivity contribution in [3.63, 3.8) is 0 Å². The van der Waals surface area contributed by atoms with E-state index in [4.69, 9.17) is 0 Å². The molecule has 0 saturated heterocycles. The molecule has 134 valence electrons. The molecule has 1 aromatic heterocycles. The summed E-state index contributed by atoms with van der Waals surface area (Å²) in [6, 6.07) is 20.0. The molecular weight excluding hydrogens is 322 g/mol. The molecule has 0 radical (unpaired) electrons. The largest absolute Gasteiger partial charge is 0.342 e. The minimum Gasteiger partial charge on any atom is -0.342 e. The van der Waals surface area contributed by atoms with E-state index in [9.17, 15) is 4.79 Å². The van der Waals surface area contributed by atoms with Crippen LogP contribution in [-0.4, -0.2) is 15.5 Å². The Bertz CT molecular complexity index is 825. The van der Waals surface area contributed by atoms with E-state index in [1.54, 1.807) is 6.20 Å². The van der Waals surface area contributed by atoms with Gasteiger partial charge in [-0.2, -0.15) is 0 Å². The van der Waals surface area contributed by atoms with E-state index in [2.05, 4.69) is 27.0 Å². The van der Waals surface area contributed by atoms with Gasteiger partial charge < -0.3 is 9.88 Å². The Morgan fingerprint density at radius 3 is 2.35 bits per heavy atom. The first-order valence-corrected chi connectivity index (χ1v) is 9.02. The van der Waals surface area contributed by atoms with Gasteiger partial charge in [0, 0.05) is 25.4 Å². The van der Waals surface area contributed by atoms with Crippen molar-refractivity contribution in [2.75, 3.05) is 0 Å². The molecule has 0 aliphatic heterocycles. The van der Waals surface area contributed by atoms with Gasteiger partial charge in [0.25, 0.3) is 0 Å². The molecule has 3 rings (SSSR count). The molecule has 0 bridgehead atoms. The van der Waals surface area contributed by atoms with Crippen LogP contribution in [0, 0.1) is 5.92 Å². The maximum absolute atomic E-state index is 12.5. The normalized spacial score (nSPS) is 12.1. The van der Waals surface area contributed by atoms with E-state index in [0.29, 0.717) is 12.3 Å². The highest BCUT2D eigenvalue weighted by Gasteiger charge is 2.21. The summed E-state index contributed by atoms with van der Waals surface area (Å²) in [5.74, 6) is 1.20. The summed E-state index contributed by atoms with van der Waals surface area (Å²) in [6.07, 6.45) is 4.26. The Labute approximate surface area is 154 Å². The minimum absolute atomic E-state index is 0.0446.